The minimum atomic E-state index is -4.50. The van der Waals surface area contributed by atoms with E-state index in [4.69, 9.17) is 0 Å². The molecule has 0 heterocycles. The molecule has 7 heteroatoms. The van der Waals surface area contributed by atoms with Gasteiger partial charge in [-0.3, -0.25) is 4.79 Å². The molecule has 2 unspecified atom stereocenters. The van der Waals surface area contributed by atoms with Gasteiger partial charge in [-0.2, -0.15) is 0 Å². The molecule has 0 radical (unpaired) electrons. The summed E-state index contributed by atoms with van der Waals surface area (Å²) in [7, 11) is -4.50. The van der Waals surface area contributed by atoms with E-state index in [1.165, 1.54) is 24.3 Å². The molecular weight excluding hydrogens is 375 g/mol. The van der Waals surface area contributed by atoms with E-state index in [9.17, 15) is 22.9 Å². The number of carbonyl (C=O) groups is 1. The zero-order valence-corrected chi connectivity index (χ0v) is 18.4. The Balaban J connectivity index is 0.00000364. The van der Waals surface area contributed by atoms with Gasteiger partial charge in [-0.1, -0.05) is 61.0 Å². The fraction of sp³-hybridized carbons (Fsp3) is 0.250. The third-order valence-electron chi connectivity index (χ3n) is 4.34. The van der Waals surface area contributed by atoms with Gasteiger partial charge >= 0.3 is 35.5 Å². The Kier molecular flexibility index (Phi) is 8.91. The fourth-order valence-corrected chi connectivity index (χ4v) is 3.30. The maximum absolute atomic E-state index is 11.7. The van der Waals surface area contributed by atoms with Crippen LogP contribution in [0.5, 0.6) is 0 Å². The van der Waals surface area contributed by atoms with E-state index in [0.29, 0.717) is 5.56 Å². The summed E-state index contributed by atoms with van der Waals surface area (Å²) in [6.07, 6.45) is 2.16. The number of allylic oxidation sites excluding steroid dienone is 1. The SMILES string of the molecule is CC(=CC(C)c1ccccc1)C(Cc1ccc(S(=O)(=O)[O-])cc1)C(=O)O.[Na+]. The minimum Gasteiger partial charge on any atom is -0.744 e. The molecule has 27 heavy (non-hydrogen) atoms. The first-order valence-corrected chi connectivity index (χ1v) is 9.60. The Morgan fingerprint density at radius 3 is 2.15 bits per heavy atom. The predicted molar refractivity (Wildman–Crippen MR) is 97.8 cm³/mol. The van der Waals surface area contributed by atoms with Gasteiger partial charge in [-0.15, -0.1) is 0 Å². The molecule has 0 aliphatic carbocycles. The minimum absolute atomic E-state index is 0. The number of hydrogen-bond donors (Lipinski definition) is 1. The third kappa shape index (κ3) is 6.90. The van der Waals surface area contributed by atoms with Gasteiger partial charge in [0.15, 0.2) is 0 Å². The maximum atomic E-state index is 11.7. The van der Waals surface area contributed by atoms with Crippen molar-refractivity contribution in [2.24, 2.45) is 5.92 Å². The van der Waals surface area contributed by atoms with Crippen molar-refractivity contribution < 1.29 is 52.4 Å². The summed E-state index contributed by atoms with van der Waals surface area (Å²) in [5, 5.41) is 9.59. The summed E-state index contributed by atoms with van der Waals surface area (Å²) >= 11 is 0. The first-order chi connectivity index (χ1) is 12.2. The molecule has 2 aromatic carbocycles. The van der Waals surface area contributed by atoms with Crippen molar-refractivity contribution in [3.05, 3.63) is 77.4 Å². The summed E-state index contributed by atoms with van der Waals surface area (Å²) in [5.41, 5.74) is 2.49. The third-order valence-corrected chi connectivity index (χ3v) is 5.19. The van der Waals surface area contributed by atoms with E-state index < -0.39 is 22.0 Å². The van der Waals surface area contributed by atoms with Crippen molar-refractivity contribution in [2.75, 3.05) is 0 Å². The summed E-state index contributed by atoms with van der Waals surface area (Å²) in [4.78, 5) is 11.4. The van der Waals surface area contributed by atoms with E-state index in [0.717, 1.165) is 11.1 Å². The first kappa shape index (κ1) is 23.6. The number of benzene rings is 2. The van der Waals surface area contributed by atoms with Crippen molar-refractivity contribution in [3.8, 4) is 0 Å². The Hall–Kier alpha value is -1.44. The van der Waals surface area contributed by atoms with Crippen LogP contribution in [-0.2, 0) is 21.3 Å². The Morgan fingerprint density at radius 2 is 1.67 bits per heavy atom. The molecule has 1 N–H and O–H groups in total. The van der Waals surface area contributed by atoms with Crippen molar-refractivity contribution in [3.63, 3.8) is 0 Å². The van der Waals surface area contributed by atoms with Gasteiger partial charge in [-0.25, -0.2) is 8.42 Å². The molecule has 0 aliphatic rings. The molecule has 0 fully saturated rings. The van der Waals surface area contributed by atoms with Crippen LogP contribution in [0, 0.1) is 5.92 Å². The van der Waals surface area contributed by atoms with Crippen LogP contribution in [0.2, 0.25) is 0 Å². The predicted octanol–water partition coefficient (Wildman–Crippen LogP) is 0.588. The van der Waals surface area contributed by atoms with E-state index in [2.05, 4.69) is 0 Å². The Morgan fingerprint density at radius 1 is 1.11 bits per heavy atom. The monoisotopic (exact) mass is 396 g/mol. The molecule has 0 aliphatic heterocycles. The fourth-order valence-electron chi connectivity index (χ4n) is 2.83. The molecule has 0 aromatic heterocycles. The van der Waals surface area contributed by atoms with Crippen LogP contribution in [-0.4, -0.2) is 24.0 Å². The van der Waals surface area contributed by atoms with E-state index in [-0.39, 0.29) is 46.8 Å². The Bertz CT molecular complexity index is 890. The number of rotatable bonds is 7. The van der Waals surface area contributed by atoms with Gasteiger partial charge in [0, 0.05) is 0 Å². The van der Waals surface area contributed by atoms with Gasteiger partial charge < -0.3 is 9.66 Å². The molecule has 2 aromatic rings. The van der Waals surface area contributed by atoms with Crippen molar-refractivity contribution in [1.82, 2.24) is 0 Å². The Labute approximate surface area is 182 Å². The zero-order valence-electron chi connectivity index (χ0n) is 15.6. The quantitative estimate of drug-likeness (QED) is 0.420. The summed E-state index contributed by atoms with van der Waals surface area (Å²) in [6, 6.07) is 15.2. The van der Waals surface area contributed by atoms with Crippen LogP contribution >= 0.6 is 0 Å². The van der Waals surface area contributed by atoms with Crippen molar-refractivity contribution in [2.45, 2.75) is 31.1 Å². The number of carboxylic acid groups (broad SMARTS) is 1. The number of aliphatic carboxylic acids is 1. The molecule has 0 bridgehead atoms. The van der Waals surface area contributed by atoms with Crippen LogP contribution < -0.4 is 29.6 Å². The van der Waals surface area contributed by atoms with Crippen molar-refractivity contribution in [1.29, 1.82) is 0 Å². The van der Waals surface area contributed by atoms with Gasteiger partial charge in [0.2, 0.25) is 0 Å². The van der Waals surface area contributed by atoms with E-state index in [1.807, 2.05) is 43.3 Å². The standard InChI is InChI=1S/C20H22O5S.Na/c1-14(17-6-4-3-5-7-17)12-15(2)19(20(21)22)13-16-8-10-18(11-9-16)26(23,24)25;/h3-12,14,19H,13H2,1-2H3,(H,21,22)(H,23,24,25);/q;+1/p-1. The second-order valence-corrected chi connectivity index (χ2v) is 7.68. The van der Waals surface area contributed by atoms with Gasteiger partial charge in [0.05, 0.1) is 10.8 Å². The van der Waals surface area contributed by atoms with Crippen molar-refractivity contribution >= 4 is 16.1 Å². The van der Waals surface area contributed by atoms with Gasteiger partial charge in [0.1, 0.15) is 10.1 Å². The molecule has 5 nitrogen and oxygen atoms in total. The molecule has 0 amide bonds. The molecule has 138 valence electrons. The summed E-state index contributed by atoms with van der Waals surface area (Å²) in [6.45, 7) is 3.79. The van der Waals surface area contributed by atoms with Crippen LogP contribution in [0.4, 0.5) is 0 Å². The topological polar surface area (TPSA) is 94.5 Å². The molecular formula is C20H21NaO5S. The molecule has 2 atom stereocenters. The summed E-state index contributed by atoms with van der Waals surface area (Å²) in [5.74, 6) is -1.60. The zero-order chi connectivity index (χ0) is 19.3. The largest absolute Gasteiger partial charge is 1.00 e. The number of hydrogen-bond acceptors (Lipinski definition) is 4. The van der Waals surface area contributed by atoms with E-state index in [1.54, 1.807) is 6.92 Å². The molecule has 0 saturated heterocycles. The smallest absolute Gasteiger partial charge is 0.744 e. The summed E-state index contributed by atoms with van der Waals surface area (Å²) < 4.78 is 32.9. The second-order valence-electron chi connectivity index (χ2n) is 6.30. The van der Waals surface area contributed by atoms with Crippen LogP contribution in [0.3, 0.4) is 0 Å². The molecule has 0 saturated carbocycles. The maximum Gasteiger partial charge on any atom is 1.00 e. The van der Waals surface area contributed by atoms with Crippen LogP contribution in [0.1, 0.15) is 30.9 Å². The van der Waals surface area contributed by atoms with Gasteiger partial charge in [-0.05, 0) is 42.5 Å². The first-order valence-electron chi connectivity index (χ1n) is 8.19. The normalized spacial score (nSPS) is 14.1. The van der Waals surface area contributed by atoms with Crippen LogP contribution in [0.15, 0.2) is 71.1 Å². The average Bonchev–Trinajstić information content (AvgIpc) is 2.59. The average molecular weight is 396 g/mol. The molecule has 0 spiro atoms. The van der Waals surface area contributed by atoms with Crippen LogP contribution in [0.25, 0.3) is 0 Å². The number of carboxylic acids is 1. The van der Waals surface area contributed by atoms with Gasteiger partial charge in [0.25, 0.3) is 0 Å². The second kappa shape index (κ2) is 10.2. The van der Waals surface area contributed by atoms with E-state index >= 15 is 0 Å². The molecule has 2 rings (SSSR count).